The molecule has 1 heterocycles. The molecule has 0 amide bonds. The second-order valence-corrected chi connectivity index (χ2v) is 5.33. The van der Waals surface area contributed by atoms with Crippen molar-refractivity contribution in [3.05, 3.63) is 41.7 Å². The van der Waals surface area contributed by atoms with Crippen LogP contribution < -0.4 is 5.32 Å². The molecule has 1 N–H and O–H groups in total. The number of hydrogen-bond acceptors (Lipinski definition) is 4. The predicted octanol–water partition coefficient (Wildman–Crippen LogP) is 2.10. The molecule has 1 aromatic carbocycles. The molecule has 0 unspecified atom stereocenters. The van der Waals surface area contributed by atoms with E-state index in [0.29, 0.717) is 0 Å². The van der Waals surface area contributed by atoms with Gasteiger partial charge in [-0.05, 0) is 26.1 Å². The van der Waals surface area contributed by atoms with Crippen molar-refractivity contribution in [3.8, 4) is 0 Å². The van der Waals surface area contributed by atoms with Gasteiger partial charge in [-0.2, -0.15) is 0 Å². The Hall–Kier alpha value is -1.33. The van der Waals surface area contributed by atoms with Crippen LogP contribution in [-0.4, -0.2) is 27.8 Å². The molecule has 0 aliphatic carbocycles. The zero-order valence-corrected chi connectivity index (χ0v) is 11.6. The summed E-state index contributed by atoms with van der Waals surface area (Å²) >= 11 is 1.84. The van der Waals surface area contributed by atoms with Crippen molar-refractivity contribution in [3.63, 3.8) is 0 Å². The van der Waals surface area contributed by atoms with Gasteiger partial charge in [0.05, 0.1) is 12.2 Å². The lowest BCUT2D eigenvalue weighted by Gasteiger charge is -2.02. The van der Waals surface area contributed by atoms with E-state index in [1.165, 1.54) is 10.5 Å². The van der Waals surface area contributed by atoms with Crippen molar-refractivity contribution in [1.82, 2.24) is 20.3 Å². The summed E-state index contributed by atoms with van der Waals surface area (Å²) in [5.41, 5.74) is 2.28. The SMILES string of the molecule is CNCc1cn(CCSc2ccc(C)cc2)nn1. The van der Waals surface area contributed by atoms with Crippen LogP contribution in [0.4, 0.5) is 0 Å². The Labute approximate surface area is 112 Å². The molecule has 96 valence electrons. The average Bonchev–Trinajstić information content (AvgIpc) is 2.80. The molecule has 0 aliphatic rings. The van der Waals surface area contributed by atoms with Crippen LogP contribution in [0, 0.1) is 6.92 Å². The maximum atomic E-state index is 4.09. The number of hydrogen-bond donors (Lipinski definition) is 1. The van der Waals surface area contributed by atoms with E-state index in [2.05, 4.69) is 46.8 Å². The number of benzene rings is 1. The van der Waals surface area contributed by atoms with Crippen LogP contribution in [0.5, 0.6) is 0 Å². The molecule has 0 fully saturated rings. The average molecular weight is 262 g/mol. The molecule has 2 aromatic rings. The van der Waals surface area contributed by atoms with Gasteiger partial charge in [0.2, 0.25) is 0 Å². The number of thioether (sulfide) groups is 1. The normalized spacial score (nSPS) is 10.8. The Morgan fingerprint density at radius 1 is 1.28 bits per heavy atom. The Morgan fingerprint density at radius 2 is 2.06 bits per heavy atom. The molecule has 2 rings (SSSR count). The van der Waals surface area contributed by atoms with Crippen LogP contribution in [0.15, 0.2) is 35.4 Å². The van der Waals surface area contributed by atoms with E-state index in [9.17, 15) is 0 Å². The van der Waals surface area contributed by atoms with Crippen molar-refractivity contribution in [2.75, 3.05) is 12.8 Å². The molecule has 18 heavy (non-hydrogen) atoms. The summed E-state index contributed by atoms with van der Waals surface area (Å²) in [5, 5.41) is 11.2. The smallest absolute Gasteiger partial charge is 0.0964 e. The first-order valence-corrected chi connectivity index (χ1v) is 6.99. The fourth-order valence-corrected chi connectivity index (χ4v) is 2.44. The standard InChI is InChI=1S/C13H18N4S/c1-11-3-5-13(6-4-11)18-8-7-17-10-12(9-14-2)15-16-17/h3-6,10,14H,7-9H2,1-2H3. The molecular weight excluding hydrogens is 244 g/mol. The summed E-state index contributed by atoms with van der Waals surface area (Å²) in [6, 6.07) is 8.60. The summed E-state index contributed by atoms with van der Waals surface area (Å²) in [7, 11) is 1.91. The number of rotatable bonds is 6. The second-order valence-electron chi connectivity index (χ2n) is 4.16. The Bertz CT molecular complexity index is 478. The quantitative estimate of drug-likeness (QED) is 0.810. The Balaban J connectivity index is 1.79. The minimum atomic E-state index is 0.769. The minimum absolute atomic E-state index is 0.769. The van der Waals surface area contributed by atoms with Gasteiger partial charge in [0.15, 0.2) is 0 Å². The van der Waals surface area contributed by atoms with Gasteiger partial charge < -0.3 is 5.32 Å². The highest BCUT2D eigenvalue weighted by molar-refractivity contribution is 7.99. The Kier molecular flexibility index (Phi) is 4.78. The predicted molar refractivity (Wildman–Crippen MR) is 74.7 cm³/mol. The van der Waals surface area contributed by atoms with Crippen LogP contribution in [0.1, 0.15) is 11.3 Å². The van der Waals surface area contributed by atoms with Gasteiger partial charge in [0.25, 0.3) is 0 Å². The van der Waals surface area contributed by atoms with E-state index in [-0.39, 0.29) is 0 Å². The van der Waals surface area contributed by atoms with Crippen molar-refractivity contribution in [2.24, 2.45) is 0 Å². The fourth-order valence-electron chi connectivity index (χ4n) is 1.60. The minimum Gasteiger partial charge on any atom is -0.314 e. The summed E-state index contributed by atoms with van der Waals surface area (Å²) in [5.74, 6) is 1.01. The molecule has 0 spiro atoms. The van der Waals surface area contributed by atoms with Gasteiger partial charge in [-0.25, -0.2) is 0 Å². The van der Waals surface area contributed by atoms with E-state index in [0.717, 1.165) is 24.5 Å². The lowest BCUT2D eigenvalue weighted by molar-refractivity contribution is 0.631. The van der Waals surface area contributed by atoms with E-state index < -0.39 is 0 Å². The third-order valence-electron chi connectivity index (χ3n) is 2.55. The molecule has 0 saturated carbocycles. The van der Waals surface area contributed by atoms with Gasteiger partial charge in [0.1, 0.15) is 0 Å². The van der Waals surface area contributed by atoms with Crippen LogP contribution >= 0.6 is 11.8 Å². The number of nitrogens with one attached hydrogen (secondary N) is 1. The largest absolute Gasteiger partial charge is 0.314 e. The summed E-state index contributed by atoms with van der Waals surface area (Å²) in [4.78, 5) is 1.30. The molecule has 0 aliphatic heterocycles. The van der Waals surface area contributed by atoms with Gasteiger partial charge in [-0.1, -0.05) is 22.9 Å². The maximum absolute atomic E-state index is 4.09. The van der Waals surface area contributed by atoms with E-state index in [4.69, 9.17) is 0 Å². The highest BCUT2D eigenvalue weighted by Crippen LogP contribution is 2.18. The lowest BCUT2D eigenvalue weighted by Crippen LogP contribution is -2.05. The lowest BCUT2D eigenvalue weighted by atomic mass is 10.2. The first-order valence-electron chi connectivity index (χ1n) is 6.01. The van der Waals surface area contributed by atoms with Crippen molar-refractivity contribution < 1.29 is 0 Å². The number of aryl methyl sites for hydroxylation is 2. The van der Waals surface area contributed by atoms with Gasteiger partial charge >= 0.3 is 0 Å². The van der Waals surface area contributed by atoms with Crippen LogP contribution in [0.2, 0.25) is 0 Å². The van der Waals surface area contributed by atoms with Crippen LogP contribution in [-0.2, 0) is 13.1 Å². The molecule has 5 heteroatoms. The third kappa shape index (κ3) is 3.85. The van der Waals surface area contributed by atoms with Crippen LogP contribution in [0.3, 0.4) is 0 Å². The molecule has 4 nitrogen and oxygen atoms in total. The van der Waals surface area contributed by atoms with Gasteiger partial charge in [0, 0.05) is 23.4 Å². The van der Waals surface area contributed by atoms with Crippen LogP contribution in [0.25, 0.3) is 0 Å². The third-order valence-corrected chi connectivity index (χ3v) is 3.55. The molecule has 0 radical (unpaired) electrons. The monoisotopic (exact) mass is 262 g/mol. The zero-order chi connectivity index (χ0) is 12.8. The van der Waals surface area contributed by atoms with Crippen molar-refractivity contribution in [2.45, 2.75) is 24.9 Å². The van der Waals surface area contributed by atoms with Gasteiger partial charge in [-0.15, -0.1) is 16.9 Å². The first kappa shape index (κ1) is 13.1. The Morgan fingerprint density at radius 3 is 2.78 bits per heavy atom. The molecule has 0 saturated heterocycles. The fraction of sp³-hybridized carbons (Fsp3) is 0.385. The van der Waals surface area contributed by atoms with E-state index in [1.807, 2.05) is 29.7 Å². The molecule has 0 atom stereocenters. The summed E-state index contributed by atoms with van der Waals surface area (Å²) < 4.78 is 1.90. The molecular formula is C13H18N4S. The number of aromatic nitrogens is 3. The second kappa shape index (κ2) is 6.56. The first-order chi connectivity index (χ1) is 8.78. The number of nitrogens with zero attached hydrogens (tertiary/aromatic N) is 3. The van der Waals surface area contributed by atoms with Crippen molar-refractivity contribution >= 4 is 11.8 Å². The maximum Gasteiger partial charge on any atom is 0.0964 e. The van der Waals surface area contributed by atoms with Gasteiger partial charge in [-0.3, -0.25) is 4.68 Å². The molecule has 1 aromatic heterocycles. The zero-order valence-electron chi connectivity index (χ0n) is 10.8. The van der Waals surface area contributed by atoms with Crippen molar-refractivity contribution in [1.29, 1.82) is 0 Å². The summed E-state index contributed by atoms with van der Waals surface area (Å²) in [6.45, 7) is 3.76. The van der Waals surface area contributed by atoms with E-state index in [1.54, 1.807) is 0 Å². The molecule has 0 bridgehead atoms. The highest BCUT2D eigenvalue weighted by Gasteiger charge is 2.00. The highest BCUT2D eigenvalue weighted by atomic mass is 32.2. The summed E-state index contributed by atoms with van der Waals surface area (Å²) in [6.07, 6.45) is 1.99. The van der Waals surface area contributed by atoms with E-state index >= 15 is 0 Å². The topological polar surface area (TPSA) is 42.7 Å².